The molecule has 12 rings (SSSR count). The zero-order valence-electron chi connectivity index (χ0n) is 36.7. The Morgan fingerprint density at radius 2 is 1.00 bits per heavy atom. The molecule has 0 spiro atoms. The second-order valence-corrected chi connectivity index (χ2v) is 14.2. The molecule has 3 heterocycles. The van der Waals surface area contributed by atoms with Gasteiger partial charge in [-0.25, -0.2) is 15.0 Å². The van der Waals surface area contributed by atoms with Crippen molar-refractivity contribution in [3.05, 3.63) is 194 Å². The van der Waals surface area contributed by atoms with Crippen LogP contribution in [0.1, 0.15) is 8.22 Å². The summed E-state index contributed by atoms with van der Waals surface area (Å²) in [5, 5.41) is 6.27. The van der Waals surface area contributed by atoms with Crippen molar-refractivity contribution in [3.63, 3.8) is 0 Å². The van der Waals surface area contributed by atoms with Gasteiger partial charge in [0.1, 0.15) is 11.2 Å². The largest absolute Gasteiger partial charge is 0.455 e. The summed E-state index contributed by atoms with van der Waals surface area (Å²) in [6.45, 7) is 0. The zero-order chi connectivity index (χ0) is 43.4. The molecule has 0 saturated carbocycles. The van der Waals surface area contributed by atoms with Gasteiger partial charge in [-0.3, -0.25) is 0 Å². The van der Waals surface area contributed by atoms with Gasteiger partial charge in [0.25, 0.3) is 0 Å². The molecule has 0 N–H and O–H groups in total. The molecule has 5 heteroatoms. The molecule has 0 amide bonds. The Kier molecular flexibility index (Phi) is 5.94. The Labute approximate surface area is 341 Å². The highest BCUT2D eigenvalue weighted by molar-refractivity contribution is 6.15. The summed E-state index contributed by atoms with van der Waals surface area (Å²) < 4.78 is 63.2. The molecule has 12 aromatic rings. The van der Waals surface area contributed by atoms with Crippen molar-refractivity contribution in [1.29, 1.82) is 0 Å². The molecule has 0 atom stereocenters. The quantitative estimate of drug-likeness (QED) is 0.165. The Bertz CT molecular complexity index is 3870. The maximum absolute atomic E-state index is 9.46. The average molecular weight is 747 g/mol. The first-order chi connectivity index (χ1) is 31.2. The predicted octanol–water partition coefficient (Wildman–Crippen LogP) is 13.8. The van der Waals surface area contributed by atoms with Crippen molar-refractivity contribution in [2.24, 2.45) is 0 Å². The van der Waals surface area contributed by atoms with E-state index in [9.17, 15) is 5.48 Å². The van der Waals surface area contributed by atoms with Gasteiger partial charge in [0.2, 0.25) is 0 Å². The third kappa shape index (κ3) is 4.93. The smallest absolute Gasteiger partial charge is 0.166 e. The lowest BCUT2D eigenvalue weighted by Crippen LogP contribution is -2.05. The monoisotopic (exact) mass is 746 g/mol. The maximum atomic E-state index is 9.46. The first-order valence-corrected chi connectivity index (χ1v) is 19.0. The molecule has 0 aliphatic carbocycles. The van der Waals surface area contributed by atoms with Crippen molar-refractivity contribution >= 4 is 65.3 Å². The van der Waals surface area contributed by atoms with Crippen LogP contribution in [0.4, 0.5) is 0 Å². The molecule has 0 radical (unpaired) electrons. The van der Waals surface area contributed by atoms with E-state index in [0.717, 1.165) is 43.4 Å². The minimum absolute atomic E-state index is 0.0795. The lowest BCUT2D eigenvalue weighted by molar-refractivity contribution is 0.670. The molecular weight excluding hydrogens is 709 g/mol. The highest BCUT2D eigenvalue weighted by Crippen LogP contribution is 2.44. The molecule has 3 aromatic heterocycles. The van der Waals surface area contributed by atoms with Gasteiger partial charge in [-0.2, -0.15) is 0 Å². The molecular formula is C53H32N4O. The van der Waals surface area contributed by atoms with Gasteiger partial charge < -0.3 is 8.98 Å². The van der Waals surface area contributed by atoms with E-state index in [4.69, 9.17) is 22.1 Å². The summed E-state index contributed by atoms with van der Waals surface area (Å²) in [7, 11) is 0. The number of rotatable bonds is 5. The fourth-order valence-electron chi connectivity index (χ4n) is 8.45. The molecule has 270 valence electrons. The molecule has 0 fully saturated rings. The molecule has 0 saturated heterocycles. The van der Waals surface area contributed by atoms with Gasteiger partial charge in [-0.1, -0.05) is 164 Å². The number of furan rings is 1. The fraction of sp³-hybridized carbons (Fsp3) is 0. The van der Waals surface area contributed by atoms with Crippen molar-refractivity contribution in [3.8, 4) is 51.0 Å². The van der Waals surface area contributed by atoms with E-state index < -0.39 is 0 Å². The van der Waals surface area contributed by atoms with Crippen LogP contribution in [0, 0.1) is 0 Å². The molecule has 0 aliphatic heterocycles. The van der Waals surface area contributed by atoms with Crippen molar-refractivity contribution in [2.75, 3.05) is 0 Å². The number of hydrogen-bond donors (Lipinski definition) is 0. The SMILES string of the molecule is [2H]c1cc([2H])c2c(c1[2H])c1c([2H])c([2H])cc([2H])c1n2-c1c(-c2nc(-c3ccccc3)nc(-c3cc4ccccc4c4ccccc34)n2)cccc1-c1cccc2c1oc1ccccc12. The summed E-state index contributed by atoms with van der Waals surface area (Å²) in [4.78, 5) is 15.7. The molecule has 9 aromatic carbocycles. The van der Waals surface area contributed by atoms with E-state index in [1.54, 1.807) is 4.57 Å². The highest BCUT2D eigenvalue weighted by atomic mass is 16.3. The van der Waals surface area contributed by atoms with E-state index in [1.165, 1.54) is 12.1 Å². The van der Waals surface area contributed by atoms with Crippen molar-refractivity contribution in [1.82, 2.24) is 19.5 Å². The third-order valence-corrected chi connectivity index (χ3v) is 11.0. The lowest BCUT2D eigenvalue weighted by atomic mass is 9.96. The molecule has 0 unspecified atom stereocenters. The van der Waals surface area contributed by atoms with Gasteiger partial charge in [0.15, 0.2) is 17.5 Å². The first-order valence-electron chi connectivity index (χ1n) is 22.0. The van der Waals surface area contributed by atoms with E-state index in [0.29, 0.717) is 51.0 Å². The second-order valence-electron chi connectivity index (χ2n) is 14.2. The standard InChI is InChI=1S/C53H32N4O/c1-2-16-33(17-3-1)51-54-52(56-53(55-51)45-32-34-18-4-5-19-35(34)36-20-6-7-21-37(36)45)44-28-14-25-41(43-27-15-26-42-40-24-10-13-31-48(40)58-50(42)43)49(44)57-46-29-11-8-22-38(46)39-23-9-12-30-47(39)57/h1-32H/i8D,9D,22D,23D,29D,30D. The summed E-state index contributed by atoms with van der Waals surface area (Å²) in [6, 6.07) is 49.5. The second kappa shape index (κ2) is 12.8. The molecule has 58 heavy (non-hydrogen) atoms. The van der Waals surface area contributed by atoms with Gasteiger partial charge in [0, 0.05) is 49.4 Å². The van der Waals surface area contributed by atoms with Crippen LogP contribution in [0.5, 0.6) is 0 Å². The minimum Gasteiger partial charge on any atom is -0.455 e. The summed E-state index contributed by atoms with van der Waals surface area (Å²) in [5.74, 6) is 1.16. The van der Waals surface area contributed by atoms with E-state index in [-0.39, 0.29) is 58.1 Å². The van der Waals surface area contributed by atoms with Crippen LogP contribution in [0.15, 0.2) is 198 Å². The number of benzene rings is 9. The maximum Gasteiger partial charge on any atom is 0.166 e. The zero-order valence-corrected chi connectivity index (χ0v) is 30.7. The lowest BCUT2D eigenvalue weighted by Gasteiger charge is -2.19. The Morgan fingerprint density at radius 1 is 0.414 bits per heavy atom. The van der Waals surface area contributed by atoms with Gasteiger partial charge >= 0.3 is 0 Å². The summed E-state index contributed by atoms with van der Waals surface area (Å²) >= 11 is 0. The molecule has 0 bridgehead atoms. The summed E-state index contributed by atoms with van der Waals surface area (Å²) in [6.07, 6.45) is 0. The highest BCUT2D eigenvalue weighted by Gasteiger charge is 2.25. The fourth-order valence-corrected chi connectivity index (χ4v) is 8.45. The van der Waals surface area contributed by atoms with Crippen LogP contribution in [0.2, 0.25) is 0 Å². The van der Waals surface area contributed by atoms with Crippen LogP contribution in [-0.2, 0) is 0 Å². The Hall–Kier alpha value is -7.89. The average Bonchev–Trinajstić information content (AvgIpc) is 3.90. The van der Waals surface area contributed by atoms with Crippen LogP contribution in [-0.4, -0.2) is 19.5 Å². The van der Waals surface area contributed by atoms with Crippen LogP contribution >= 0.6 is 0 Å². The Morgan fingerprint density at radius 3 is 1.79 bits per heavy atom. The van der Waals surface area contributed by atoms with Crippen molar-refractivity contribution in [2.45, 2.75) is 0 Å². The number of para-hydroxylation sites is 5. The predicted molar refractivity (Wildman–Crippen MR) is 238 cm³/mol. The van der Waals surface area contributed by atoms with Crippen LogP contribution in [0.25, 0.3) is 116 Å². The van der Waals surface area contributed by atoms with Gasteiger partial charge in [-0.05, 0) is 51.8 Å². The molecule has 5 nitrogen and oxygen atoms in total. The van der Waals surface area contributed by atoms with Gasteiger partial charge in [-0.15, -0.1) is 0 Å². The molecule has 0 aliphatic rings. The Balaban J connectivity index is 1.26. The minimum atomic E-state index is -0.205. The van der Waals surface area contributed by atoms with Gasteiger partial charge in [0.05, 0.1) is 24.9 Å². The normalized spacial score (nSPS) is 13.2. The van der Waals surface area contributed by atoms with E-state index in [1.807, 2.05) is 115 Å². The number of aromatic nitrogens is 4. The number of nitrogens with zero attached hydrogens (tertiary/aromatic N) is 4. The number of hydrogen-bond acceptors (Lipinski definition) is 4. The third-order valence-electron chi connectivity index (χ3n) is 11.0. The topological polar surface area (TPSA) is 56.7 Å². The van der Waals surface area contributed by atoms with E-state index >= 15 is 0 Å². The summed E-state index contributed by atoms with van der Waals surface area (Å²) in [5.41, 5.74) is 5.66. The first kappa shape index (κ1) is 26.8. The van der Waals surface area contributed by atoms with Crippen LogP contribution < -0.4 is 0 Å². The number of fused-ring (bicyclic) bond motifs is 9. The van der Waals surface area contributed by atoms with E-state index in [2.05, 4.69) is 30.3 Å². The van der Waals surface area contributed by atoms with Crippen molar-refractivity contribution < 1.29 is 12.6 Å². The van der Waals surface area contributed by atoms with Crippen LogP contribution in [0.3, 0.4) is 0 Å².